The quantitative estimate of drug-likeness (QED) is 0.743. The van der Waals surface area contributed by atoms with E-state index in [1.54, 1.807) is 47.8 Å². The SMILES string of the molecule is C[C@H](NC(=O)c1ccccc1)C(=O)NNC(=O)c1cccs1. The Morgan fingerprint density at radius 1 is 0.955 bits per heavy atom. The molecule has 1 aromatic heterocycles. The first-order valence-electron chi connectivity index (χ1n) is 6.57. The first-order chi connectivity index (χ1) is 10.6. The van der Waals surface area contributed by atoms with Gasteiger partial charge in [-0.3, -0.25) is 25.2 Å². The Balaban J connectivity index is 1.82. The van der Waals surface area contributed by atoms with Crippen LogP contribution in [0.3, 0.4) is 0 Å². The Hall–Kier alpha value is -2.67. The average molecular weight is 317 g/mol. The van der Waals surface area contributed by atoms with Crippen LogP contribution in [0.4, 0.5) is 0 Å². The molecule has 0 aliphatic heterocycles. The lowest BCUT2D eigenvalue weighted by Gasteiger charge is -2.14. The third kappa shape index (κ3) is 4.16. The number of rotatable bonds is 4. The molecule has 114 valence electrons. The van der Waals surface area contributed by atoms with Gasteiger partial charge in [0.1, 0.15) is 6.04 Å². The zero-order chi connectivity index (χ0) is 15.9. The summed E-state index contributed by atoms with van der Waals surface area (Å²) >= 11 is 1.27. The molecule has 0 aliphatic rings. The molecule has 0 saturated carbocycles. The topological polar surface area (TPSA) is 87.3 Å². The van der Waals surface area contributed by atoms with Crippen molar-refractivity contribution in [1.82, 2.24) is 16.2 Å². The summed E-state index contributed by atoms with van der Waals surface area (Å²) in [6.07, 6.45) is 0. The average Bonchev–Trinajstić information content (AvgIpc) is 3.07. The van der Waals surface area contributed by atoms with Crippen molar-refractivity contribution < 1.29 is 14.4 Å². The highest BCUT2D eigenvalue weighted by Crippen LogP contribution is 2.07. The number of hydrogen-bond acceptors (Lipinski definition) is 4. The Bertz CT molecular complexity index is 656. The molecule has 6 nitrogen and oxygen atoms in total. The molecular formula is C15H15N3O3S. The van der Waals surface area contributed by atoms with Gasteiger partial charge in [-0.2, -0.15) is 0 Å². The van der Waals surface area contributed by atoms with Crippen LogP contribution in [0.25, 0.3) is 0 Å². The van der Waals surface area contributed by atoms with Gasteiger partial charge in [0.15, 0.2) is 0 Å². The predicted molar refractivity (Wildman–Crippen MR) is 83.3 cm³/mol. The third-order valence-corrected chi connectivity index (χ3v) is 3.69. The minimum absolute atomic E-state index is 0.354. The van der Waals surface area contributed by atoms with Crippen LogP contribution in [0.2, 0.25) is 0 Å². The number of carbonyl (C=O) groups is 3. The molecule has 0 saturated heterocycles. The molecule has 0 spiro atoms. The standard InChI is InChI=1S/C15H15N3O3S/c1-10(16-14(20)11-6-3-2-4-7-11)13(19)17-18-15(21)12-8-5-9-22-12/h2-10H,1H3,(H,16,20)(H,17,19)(H,18,21)/t10-/m0/s1. The van der Waals surface area contributed by atoms with Crippen LogP contribution < -0.4 is 16.2 Å². The van der Waals surface area contributed by atoms with Crippen molar-refractivity contribution in [1.29, 1.82) is 0 Å². The summed E-state index contributed by atoms with van der Waals surface area (Å²) in [7, 11) is 0. The number of amides is 3. The van der Waals surface area contributed by atoms with Crippen molar-refractivity contribution in [3.05, 3.63) is 58.3 Å². The molecule has 1 heterocycles. The van der Waals surface area contributed by atoms with Crippen LogP contribution in [-0.4, -0.2) is 23.8 Å². The van der Waals surface area contributed by atoms with Gasteiger partial charge in [0.05, 0.1) is 4.88 Å². The lowest BCUT2D eigenvalue weighted by molar-refractivity contribution is -0.123. The summed E-state index contributed by atoms with van der Waals surface area (Å²) in [5.41, 5.74) is 5.04. The van der Waals surface area contributed by atoms with E-state index in [0.29, 0.717) is 10.4 Å². The van der Waals surface area contributed by atoms with Gasteiger partial charge >= 0.3 is 0 Å². The van der Waals surface area contributed by atoms with Gasteiger partial charge in [0.25, 0.3) is 17.7 Å². The van der Waals surface area contributed by atoms with Crippen LogP contribution in [0.15, 0.2) is 47.8 Å². The maximum atomic E-state index is 11.9. The number of nitrogens with one attached hydrogen (secondary N) is 3. The molecule has 0 bridgehead atoms. The van der Waals surface area contributed by atoms with E-state index in [4.69, 9.17) is 0 Å². The first-order valence-corrected chi connectivity index (χ1v) is 7.45. The first kappa shape index (κ1) is 15.7. The molecule has 7 heteroatoms. The van der Waals surface area contributed by atoms with Gasteiger partial charge in [0, 0.05) is 5.56 Å². The Kier molecular flexibility index (Phi) is 5.26. The van der Waals surface area contributed by atoms with Gasteiger partial charge in [-0.1, -0.05) is 24.3 Å². The van der Waals surface area contributed by atoms with Gasteiger partial charge in [-0.25, -0.2) is 0 Å². The number of carbonyl (C=O) groups excluding carboxylic acids is 3. The van der Waals surface area contributed by atoms with Crippen LogP contribution in [0, 0.1) is 0 Å². The van der Waals surface area contributed by atoms with Crippen molar-refractivity contribution >= 4 is 29.1 Å². The van der Waals surface area contributed by atoms with Gasteiger partial charge in [0.2, 0.25) is 0 Å². The normalized spacial score (nSPS) is 11.3. The van der Waals surface area contributed by atoms with E-state index < -0.39 is 17.9 Å². The molecule has 2 rings (SSSR count). The molecule has 22 heavy (non-hydrogen) atoms. The number of hydrazine groups is 1. The third-order valence-electron chi connectivity index (χ3n) is 2.82. The number of hydrogen-bond donors (Lipinski definition) is 3. The van der Waals surface area contributed by atoms with Crippen molar-refractivity contribution in [3.8, 4) is 0 Å². The Labute approximate surface area is 131 Å². The predicted octanol–water partition coefficient (Wildman–Crippen LogP) is 1.33. The summed E-state index contributed by atoms with van der Waals surface area (Å²) in [4.78, 5) is 35.9. The van der Waals surface area contributed by atoms with Gasteiger partial charge in [-0.15, -0.1) is 11.3 Å². The fraction of sp³-hybridized carbons (Fsp3) is 0.133. The van der Waals surface area contributed by atoms with Crippen molar-refractivity contribution in [3.63, 3.8) is 0 Å². The largest absolute Gasteiger partial charge is 0.340 e. The fourth-order valence-corrected chi connectivity index (χ4v) is 2.25. The molecule has 2 aromatic rings. The minimum atomic E-state index is -0.781. The van der Waals surface area contributed by atoms with Crippen molar-refractivity contribution in [2.45, 2.75) is 13.0 Å². The van der Waals surface area contributed by atoms with E-state index in [9.17, 15) is 14.4 Å². The summed E-state index contributed by atoms with van der Waals surface area (Å²) in [6.45, 7) is 1.54. The second kappa shape index (κ2) is 7.37. The van der Waals surface area contributed by atoms with E-state index in [2.05, 4.69) is 16.2 Å². The summed E-state index contributed by atoms with van der Waals surface area (Å²) in [6, 6.07) is 11.2. The highest BCUT2D eigenvalue weighted by Gasteiger charge is 2.17. The lowest BCUT2D eigenvalue weighted by atomic mass is 10.2. The monoisotopic (exact) mass is 317 g/mol. The highest BCUT2D eigenvalue weighted by molar-refractivity contribution is 7.12. The van der Waals surface area contributed by atoms with E-state index >= 15 is 0 Å². The molecular weight excluding hydrogens is 302 g/mol. The Morgan fingerprint density at radius 2 is 1.68 bits per heavy atom. The highest BCUT2D eigenvalue weighted by atomic mass is 32.1. The molecule has 0 fully saturated rings. The fourth-order valence-electron chi connectivity index (χ4n) is 1.63. The molecule has 0 unspecified atom stereocenters. The molecule has 3 N–H and O–H groups in total. The van der Waals surface area contributed by atoms with E-state index in [1.165, 1.54) is 18.3 Å². The van der Waals surface area contributed by atoms with Crippen molar-refractivity contribution in [2.75, 3.05) is 0 Å². The second-order valence-corrected chi connectivity index (χ2v) is 5.43. The summed E-state index contributed by atoms with van der Waals surface area (Å²) < 4.78 is 0. The Morgan fingerprint density at radius 3 is 2.32 bits per heavy atom. The maximum Gasteiger partial charge on any atom is 0.279 e. The zero-order valence-electron chi connectivity index (χ0n) is 11.8. The van der Waals surface area contributed by atoms with E-state index in [1.807, 2.05) is 0 Å². The van der Waals surface area contributed by atoms with Gasteiger partial charge in [-0.05, 0) is 30.5 Å². The number of thiophene rings is 1. The smallest absolute Gasteiger partial charge is 0.279 e. The zero-order valence-corrected chi connectivity index (χ0v) is 12.6. The van der Waals surface area contributed by atoms with Crippen LogP contribution in [0.5, 0.6) is 0 Å². The molecule has 3 amide bonds. The van der Waals surface area contributed by atoms with E-state index in [-0.39, 0.29) is 5.91 Å². The number of benzene rings is 1. The van der Waals surface area contributed by atoms with E-state index in [0.717, 1.165) is 0 Å². The lowest BCUT2D eigenvalue weighted by Crippen LogP contribution is -2.51. The molecule has 1 aromatic carbocycles. The van der Waals surface area contributed by atoms with Crippen LogP contribution >= 0.6 is 11.3 Å². The molecule has 0 radical (unpaired) electrons. The molecule has 1 atom stereocenters. The second-order valence-electron chi connectivity index (χ2n) is 4.48. The van der Waals surface area contributed by atoms with Crippen LogP contribution in [-0.2, 0) is 4.79 Å². The van der Waals surface area contributed by atoms with Gasteiger partial charge < -0.3 is 5.32 Å². The maximum absolute atomic E-state index is 11.9. The summed E-state index contributed by atoms with van der Waals surface area (Å²) in [5, 5.41) is 4.32. The molecule has 0 aliphatic carbocycles. The van der Waals surface area contributed by atoms with Crippen molar-refractivity contribution in [2.24, 2.45) is 0 Å². The summed E-state index contributed by atoms with van der Waals surface area (Å²) in [5.74, 6) is -1.26. The van der Waals surface area contributed by atoms with Crippen LogP contribution in [0.1, 0.15) is 27.0 Å². The minimum Gasteiger partial charge on any atom is -0.340 e.